The van der Waals surface area contributed by atoms with Crippen molar-refractivity contribution in [1.29, 1.82) is 0 Å². The number of nitrogens with zero attached hydrogens (tertiary/aromatic N) is 2. The predicted molar refractivity (Wildman–Crippen MR) is 137 cm³/mol. The van der Waals surface area contributed by atoms with Gasteiger partial charge in [0.15, 0.2) is 0 Å². The van der Waals surface area contributed by atoms with Crippen molar-refractivity contribution in [2.45, 2.75) is 59.5 Å². The van der Waals surface area contributed by atoms with Crippen LogP contribution in [0.4, 0.5) is 5.69 Å². The number of likely N-dealkylation sites (N-methyl/N-ethyl adjacent to an activating group) is 1. The Labute approximate surface area is 204 Å². The minimum Gasteiger partial charge on any atom is -0.355 e. The molecule has 0 aliphatic carbocycles. The number of nitrogens with one attached hydrogen (secondary N) is 1. The van der Waals surface area contributed by atoms with Gasteiger partial charge in [-0.3, -0.25) is 13.9 Å². The molecule has 0 bridgehead atoms. The fourth-order valence-corrected chi connectivity index (χ4v) is 5.04. The first-order valence-electron chi connectivity index (χ1n) is 11.7. The number of hydrogen-bond donors (Lipinski definition) is 1. The molecule has 1 atom stereocenters. The molecular weight excluding hydrogens is 450 g/mol. The van der Waals surface area contributed by atoms with E-state index in [2.05, 4.69) is 5.32 Å². The second-order valence-corrected chi connectivity index (χ2v) is 10.5. The van der Waals surface area contributed by atoms with E-state index in [-0.39, 0.29) is 24.8 Å². The van der Waals surface area contributed by atoms with E-state index in [0.29, 0.717) is 31.6 Å². The fraction of sp³-hybridized carbons (Fsp3) is 0.462. The lowest BCUT2D eigenvalue weighted by Crippen LogP contribution is -2.49. The second kappa shape index (κ2) is 12.6. The molecule has 0 spiro atoms. The smallest absolute Gasteiger partial charge is 0.242 e. The third-order valence-electron chi connectivity index (χ3n) is 5.58. The molecule has 0 fully saturated rings. The highest BCUT2D eigenvalue weighted by Gasteiger charge is 2.28. The molecule has 0 radical (unpaired) electrons. The zero-order valence-corrected chi connectivity index (χ0v) is 21.7. The van der Waals surface area contributed by atoms with E-state index < -0.39 is 16.1 Å². The van der Waals surface area contributed by atoms with Gasteiger partial charge < -0.3 is 10.2 Å². The molecule has 2 amide bonds. The third-order valence-corrected chi connectivity index (χ3v) is 6.77. The van der Waals surface area contributed by atoms with Crippen molar-refractivity contribution >= 4 is 27.5 Å². The van der Waals surface area contributed by atoms with Crippen LogP contribution in [0.5, 0.6) is 0 Å². The third kappa shape index (κ3) is 7.87. The van der Waals surface area contributed by atoms with Crippen molar-refractivity contribution in [1.82, 2.24) is 10.2 Å². The van der Waals surface area contributed by atoms with Gasteiger partial charge in [-0.25, -0.2) is 8.42 Å². The summed E-state index contributed by atoms with van der Waals surface area (Å²) in [6, 6.07) is 14.6. The number of hydrogen-bond acceptors (Lipinski definition) is 4. The summed E-state index contributed by atoms with van der Waals surface area (Å²) < 4.78 is 26.3. The number of carbonyl (C=O) groups excluding carboxylic acids is 2. The van der Waals surface area contributed by atoms with E-state index in [1.807, 2.05) is 76.2 Å². The Morgan fingerprint density at radius 2 is 1.62 bits per heavy atom. The molecule has 0 heterocycles. The van der Waals surface area contributed by atoms with Gasteiger partial charge in [0.2, 0.25) is 21.8 Å². The Morgan fingerprint density at radius 1 is 1.00 bits per heavy atom. The lowest BCUT2D eigenvalue weighted by Gasteiger charge is -2.31. The van der Waals surface area contributed by atoms with Crippen LogP contribution in [0.3, 0.4) is 0 Å². The highest BCUT2D eigenvalue weighted by molar-refractivity contribution is 7.92. The topological polar surface area (TPSA) is 86.8 Å². The standard InChI is InChI=1S/C26H37N3O4S/c1-6-24(26(31)27-7-2)28(19-22-12-9-8-10-13-22)25(30)14-11-15-29(34(5,32)33)23-17-20(3)16-21(4)18-23/h8-10,12-13,16-18,24H,6-7,11,14-15,19H2,1-5H3,(H,27,31)/t24-/m0/s1. The van der Waals surface area contributed by atoms with E-state index in [9.17, 15) is 18.0 Å². The van der Waals surface area contributed by atoms with Gasteiger partial charge in [0.1, 0.15) is 6.04 Å². The predicted octanol–water partition coefficient (Wildman–Crippen LogP) is 3.79. The van der Waals surface area contributed by atoms with E-state index in [4.69, 9.17) is 0 Å². The highest BCUT2D eigenvalue weighted by Crippen LogP contribution is 2.22. The lowest BCUT2D eigenvalue weighted by atomic mass is 10.1. The van der Waals surface area contributed by atoms with Crippen LogP contribution < -0.4 is 9.62 Å². The molecule has 0 saturated carbocycles. The summed E-state index contributed by atoms with van der Waals surface area (Å²) in [6.45, 7) is 8.58. The van der Waals surface area contributed by atoms with Crippen LogP contribution in [0.2, 0.25) is 0 Å². The van der Waals surface area contributed by atoms with Gasteiger partial charge in [0, 0.05) is 26.1 Å². The van der Waals surface area contributed by atoms with Crippen LogP contribution in [0.15, 0.2) is 48.5 Å². The van der Waals surface area contributed by atoms with Crippen molar-refractivity contribution in [2.24, 2.45) is 0 Å². The van der Waals surface area contributed by atoms with Gasteiger partial charge in [-0.2, -0.15) is 0 Å². The summed E-state index contributed by atoms with van der Waals surface area (Å²) in [5.74, 6) is -0.349. The van der Waals surface area contributed by atoms with Crippen molar-refractivity contribution in [3.05, 3.63) is 65.2 Å². The first-order chi connectivity index (χ1) is 16.1. The SMILES string of the molecule is CCNC(=O)[C@H](CC)N(Cc1ccccc1)C(=O)CCCN(c1cc(C)cc(C)c1)S(C)(=O)=O. The van der Waals surface area contributed by atoms with E-state index >= 15 is 0 Å². The molecule has 2 aromatic carbocycles. The maximum atomic E-state index is 13.3. The highest BCUT2D eigenvalue weighted by atomic mass is 32.2. The van der Waals surface area contributed by atoms with Crippen LogP contribution in [0, 0.1) is 13.8 Å². The minimum absolute atomic E-state index is 0.138. The molecule has 2 aromatic rings. The van der Waals surface area contributed by atoms with E-state index in [0.717, 1.165) is 16.7 Å². The van der Waals surface area contributed by atoms with Gasteiger partial charge in [-0.15, -0.1) is 0 Å². The van der Waals surface area contributed by atoms with Crippen LogP contribution in [0.25, 0.3) is 0 Å². The fourth-order valence-electron chi connectivity index (χ4n) is 4.09. The Kier molecular flexibility index (Phi) is 10.1. The molecule has 0 aliphatic rings. The number of amides is 2. The normalized spacial score (nSPS) is 12.1. The monoisotopic (exact) mass is 487 g/mol. The zero-order valence-electron chi connectivity index (χ0n) is 20.9. The number of aryl methyl sites for hydroxylation is 2. The molecule has 0 aliphatic heterocycles. The van der Waals surface area contributed by atoms with Gasteiger partial charge in [-0.05, 0) is 62.4 Å². The second-order valence-electron chi connectivity index (χ2n) is 8.61. The molecule has 1 N–H and O–H groups in total. The molecule has 0 saturated heterocycles. The van der Waals surface area contributed by atoms with Gasteiger partial charge in [0.05, 0.1) is 11.9 Å². The Hall–Kier alpha value is -2.87. The summed E-state index contributed by atoms with van der Waals surface area (Å²) >= 11 is 0. The zero-order chi connectivity index (χ0) is 25.3. The van der Waals surface area contributed by atoms with Crippen LogP contribution >= 0.6 is 0 Å². The molecule has 0 unspecified atom stereocenters. The summed E-state index contributed by atoms with van der Waals surface area (Å²) in [6.07, 6.45) is 2.15. The Morgan fingerprint density at radius 3 is 2.15 bits per heavy atom. The van der Waals surface area contributed by atoms with Crippen LogP contribution in [-0.4, -0.2) is 50.5 Å². The number of anilines is 1. The molecule has 2 rings (SSSR count). The summed E-state index contributed by atoms with van der Waals surface area (Å²) in [7, 11) is -3.52. The number of benzene rings is 2. The largest absolute Gasteiger partial charge is 0.355 e. The van der Waals surface area contributed by atoms with Gasteiger partial charge in [-0.1, -0.05) is 43.3 Å². The number of carbonyl (C=O) groups is 2. The Balaban J connectivity index is 2.20. The van der Waals surface area contributed by atoms with E-state index in [1.54, 1.807) is 4.90 Å². The van der Waals surface area contributed by atoms with Gasteiger partial charge >= 0.3 is 0 Å². The van der Waals surface area contributed by atoms with Crippen molar-refractivity contribution in [3.63, 3.8) is 0 Å². The molecule has 8 heteroatoms. The van der Waals surface area contributed by atoms with Crippen LogP contribution in [-0.2, 0) is 26.2 Å². The van der Waals surface area contributed by atoms with Crippen molar-refractivity contribution in [2.75, 3.05) is 23.7 Å². The average molecular weight is 488 g/mol. The minimum atomic E-state index is -3.52. The van der Waals surface area contributed by atoms with Crippen molar-refractivity contribution < 1.29 is 18.0 Å². The lowest BCUT2D eigenvalue weighted by molar-refractivity contribution is -0.141. The molecule has 0 aromatic heterocycles. The summed E-state index contributed by atoms with van der Waals surface area (Å²) in [4.78, 5) is 27.6. The van der Waals surface area contributed by atoms with Crippen LogP contribution in [0.1, 0.15) is 49.8 Å². The number of rotatable bonds is 12. The first-order valence-corrected chi connectivity index (χ1v) is 13.6. The Bertz CT molecular complexity index is 1050. The maximum Gasteiger partial charge on any atom is 0.242 e. The summed E-state index contributed by atoms with van der Waals surface area (Å²) in [5.41, 5.74) is 3.48. The molecule has 7 nitrogen and oxygen atoms in total. The summed E-state index contributed by atoms with van der Waals surface area (Å²) in [5, 5.41) is 2.82. The van der Waals surface area contributed by atoms with Gasteiger partial charge in [0.25, 0.3) is 0 Å². The molecule has 34 heavy (non-hydrogen) atoms. The number of sulfonamides is 1. The molecular formula is C26H37N3O4S. The van der Waals surface area contributed by atoms with E-state index in [1.165, 1.54) is 10.6 Å². The quantitative estimate of drug-likeness (QED) is 0.493. The van der Waals surface area contributed by atoms with Crippen molar-refractivity contribution in [3.8, 4) is 0 Å². The first kappa shape index (κ1) is 27.4. The average Bonchev–Trinajstić information content (AvgIpc) is 2.75. The maximum absolute atomic E-state index is 13.3. The molecule has 186 valence electrons.